The van der Waals surface area contributed by atoms with Crippen LogP contribution in [0.15, 0.2) is 11.1 Å². The highest BCUT2D eigenvalue weighted by atomic mass is 15.4. The molecule has 1 fully saturated rings. The highest BCUT2D eigenvalue weighted by Gasteiger charge is 2.78. The minimum Gasteiger partial charge on any atom is -0.287 e. The predicted molar refractivity (Wildman–Crippen MR) is 70.5 cm³/mol. The largest absolute Gasteiger partial charge is 0.287 e. The van der Waals surface area contributed by atoms with E-state index >= 15 is 0 Å². The molecule has 0 N–H and O–H groups in total. The van der Waals surface area contributed by atoms with Gasteiger partial charge in [-0.1, -0.05) is 38.8 Å². The lowest BCUT2D eigenvalue weighted by Gasteiger charge is -2.52. The van der Waals surface area contributed by atoms with E-state index in [0.29, 0.717) is 11.0 Å². The molecule has 0 aromatic heterocycles. The average Bonchev–Trinajstić information content (AvgIpc) is 2.64. The van der Waals surface area contributed by atoms with E-state index in [9.17, 15) is 0 Å². The van der Waals surface area contributed by atoms with Crippen molar-refractivity contribution in [2.45, 2.75) is 66.5 Å². The van der Waals surface area contributed by atoms with Gasteiger partial charge in [-0.05, 0) is 45.6 Å². The van der Waals surface area contributed by atoms with E-state index in [-0.39, 0.29) is 11.0 Å². The molecule has 0 aromatic carbocycles. The minimum absolute atomic E-state index is 0.274. The maximum atomic E-state index is 2.56. The summed E-state index contributed by atoms with van der Waals surface area (Å²) in [5.74, 6) is 0. The fourth-order valence-electron chi connectivity index (χ4n) is 4.36. The monoisotopic (exact) mass is 221 g/mol. The van der Waals surface area contributed by atoms with Crippen molar-refractivity contribution < 1.29 is 0 Å². The molecule has 92 valence electrons. The van der Waals surface area contributed by atoms with Crippen LogP contribution in [0, 0.1) is 10.8 Å². The van der Waals surface area contributed by atoms with Crippen LogP contribution < -0.4 is 0 Å². The first-order chi connectivity index (χ1) is 6.97. The Morgan fingerprint density at radius 2 is 1.25 bits per heavy atom. The summed E-state index contributed by atoms with van der Waals surface area (Å²) >= 11 is 0. The van der Waals surface area contributed by atoms with Crippen LogP contribution in [0.1, 0.15) is 55.4 Å². The summed E-state index contributed by atoms with van der Waals surface area (Å²) in [6.45, 7) is 19.2. The Hall–Kier alpha value is -0.300. The lowest BCUT2D eigenvalue weighted by Crippen LogP contribution is -2.51. The van der Waals surface area contributed by atoms with Gasteiger partial charge in [0, 0.05) is 5.54 Å². The molecule has 0 radical (unpaired) electrons. The van der Waals surface area contributed by atoms with E-state index in [1.807, 2.05) is 0 Å². The Morgan fingerprint density at radius 3 is 1.69 bits per heavy atom. The second-order valence-electron chi connectivity index (χ2n) is 7.20. The molecular weight excluding hydrogens is 194 g/mol. The topological polar surface area (TPSA) is 3.01 Å². The molecule has 1 saturated heterocycles. The maximum absolute atomic E-state index is 2.56. The van der Waals surface area contributed by atoms with Crippen molar-refractivity contribution in [3.05, 3.63) is 11.1 Å². The number of hydrogen-bond acceptors (Lipinski definition) is 1. The second-order valence-corrected chi connectivity index (χ2v) is 7.20. The molecule has 3 unspecified atom stereocenters. The molecule has 0 spiro atoms. The zero-order chi connectivity index (χ0) is 12.7. The van der Waals surface area contributed by atoms with Gasteiger partial charge in [0.15, 0.2) is 0 Å². The Labute approximate surface area is 101 Å². The second kappa shape index (κ2) is 2.58. The fourth-order valence-corrected chi connectivity index (χ4v) is 4.36. The van der Waals surface area contributed by atoms with Gasteiger partial charge in [0.05, 0.1) is 5.54 Å². The Bertz CT molecular complexity index is 381. The highest BCUT2D eigenvalue weighted by molar-refractivity contribution is 5.50. The van der Waals surface area contributed by atoms with Gasteiger partial charge in [0.25, 0.3) is 0 Å². The van der Waals surface area contributed by atoms with E-state index in [2.05, 4.69) is 67.3 Å². The number of rotatable bonds is 0. The first-order valence-corrected chi connectivity index (χ1v) is 6.39. The van der Waals surface area contributed by atoms with Gasteiger partial charge in [-0.2, -0.15) is 0 Å². The van der Waals surface area contributed by atoms with Gasteiger partial charge >= 0.3 is 0 Å². The van der Waals surface area contributed by atoms with E-state index in [1.54, 1.807) is 11.1 Å². The van der Waals surface area contributed by atoms with Crippen LogP contribution in [0.4, 0.5) is 0 Å². The highest BCUT2D eigenvalue weighted by Crippen LogP contribution is 2.72. The van der Waals surface area contributed by atoms with Gasteiger partial charge in [-0.25, -0.2) is 0 Å². The molecule has 0 saturated carbocycles. The van der Waals surface area contributed by atoms with Crippen molar-refractivity contribution in [2.24, 2.45) is 10.8 Å². The van der Waals surface area contributed by atoms with Crippen LogP contribution >= 0.6 is 0 Å². The van der Waals surface area contributed by atoms with Crippen molar-refractivity contribution in [3.63, 3.8) is 0 Å². The molecule has 0 aromatic rings. The number of hydrogen-bond donors (Lipinski definition) is 0. The summed E-state index contributed by atoms with van der Waals surface area (Å²) in [5.41, 5.74) is 4.32. The summed E-state index contributed by atoms with van der Waals surface area (Å²) in [4.78, 5) is 2.56. The number of allylic oxidation sites excluding steroid dienone is 1. The van der Waals surface area contributed by atoms with Crippen molar-refractivity contribution in [1.29, 1.82) is 0 Å². The molecule has 0 bridgehead atoms. The van der Waals surface area contributed by atoms with Crippen molar-refractivity contribution in [3.8, 4) is 0 Å². The third kappa shape index (κ3) is 0.796. The lowest BCUT2D eigenvalue weighted by atomic mass is 9.51. The summed E-state index contributed by atoms with van der Waals surface area (Å²) in [5, 5.41) is 0. The molecular formula is C15H27N. The first-order valence-electron chi connectivity index (χ1n) is 6.39. The molecule has 1 aliphatic heterocycles. The maximum Gasteiger partial charge on any atom is 0.0583 e. The van der Waals surface area contributed by atoms with Crippen LogP contribution in [0.25, 0.3) is 0 Å². The van der Waals surface area contributed by atoms with Crippen molar-refractivity contribution in [2.75, 3.05) is 7.05 Å². The Kier molecular flexibility index (Phi) is 1.96. The molecule has 16 heavy (non-hydrogen) atoms. The van der Waals surface area contributed by atoms with Gasteiger partial charge in [0.1, 0.15) is 0 Å². The quantitative estimate of drug-likeness (QED) is 0.443. The summed E-state index contributed by atoms with van der Waals surface area (Å²) < 4.78 is 0. The number of likely N-dealkylation sites (N-methyl/N-ethyl adjacent to an activating group) is 1. The Balaban J connectivity index is 2.74. The van der Waals surface area contributed by atoms with Crippen LogP contribution in [0.2, 0.25) is 0 Å². The molecule has 1 heterocycles. The minimum atomic E-state index is 0.274. The standard InChI is InChI=1S/C15H27N/c1-10-11(2)14(7)15(8,16(14)9)13(5,6)12(10,3)4/h1-9H3. The van der Waals surface area contributed by atoms with Crippen molar-refractivity contribution in [1.82, 2.24) is 4.90 Å². The lowest BCUT2D eigenvalue weighted by molar-refractivity contribution is 0.0694. The van der Waals surface area contributed by atoms with Gasteiger partial charge in [-0.15, -0.1) is 0 Å². The average molecular weight is 221 g/mol. The van der Waals surface area contributed by atoms with Crippen molar-refractivity contribution >= 4 is 0 Å². The third-order valence-corrected chi connectivity index (χ3v) is 7.25. The van der Waals surface area contributed by atoms with E-state index < -0.39 is 0 Å². The number of nitrogens with zero attached hydrogens (tertiary/aromatic N) is 1. The van der Waals surface area contributed by atoms with Crippen LogP contribution in [-0.4, -0.2) is 23.0 Å². The SMILES string of the molecule is CC1=C(C)C2(C)N(C)C2(C)C(C)(C)C1(C)C. The third-order valence-electron chi connectivity index (χ3n) is 7.25. The molecule has 2 rings (SSSR count). The van der Waals surface area contributed by atoms with Crippen LogP contribution in [-0.2, 0) is 0 Å². The number of fused-ring (bicyclic) bond motifs is 1. The molecule has 1 heteroatoms. The molecule has 2 aliphatic rings. The van der Waals surface area contributed by atoms with Gasteiger partial charge in [0.2, 0.25) is 0 Å². The molecule has 1 nitrogen and oxygen atoms in total. The summed E-state index contributed by atoms with van der Waals surface area (Å²) in [6, 6.07) is 0. The predicted octanol–water partition coefficient (Wildman–Crippen LogP) is 3.85. The van der Waals surface area contributed by atoms with Gasteiger partial charge < -0.3 is 0 Å². The van der Waals surface area contributed by atoms with E-state index in [4.69, 9.17) is 0 Å². The summed E-state index contributed by atoms with van der Waals surface area (Å²) in [7, 11) is 2.28. The van der Waals surface area contributed by atoms with Crippen LogP contribution in [0.5, 0.6) is 0 Å². The molecule has 1 aliphatic carbocycles. The zero-order valence-electron chi connectivity index (χ0n) is 12.4. The zero-order valence-corrected chi connectivity index (χ0v) is 12.4. The molecule has 3 atom stereocenters. The van der Waals surface area contributed by atoms with E-state index in [1.165, 1.54) is 0 Å². The van der Waals surface area contributed by atoms with Gasteiger partial charge in [-0.3, -0.25) is 4.90 Å². The normalized spacial score (nSPS) is 48.9. The smallest absolute Gasteiger partial charge is 0.0583 e. The first kappa shape index (κ1) is 12.2. The van der Waals surface area contributed by atoms with Crippen LogP contribution in [0.3, 0.4) is 0 Å². The van der Waals surface area contributed by atoms with E-state index in [0.717, 1.165) is 0 Å². The molecule has 0 amide bonds. The fraction of sp³-hybridized carbons (Fsp3) is 0.867. The Morgan fingerprint density at radius 1 is 0.812 bits per heavy atom. The summed E-state index contributed by atoms with van der Waals surface area (Å²) in [6.07, 6.45) is 0.